The van der Waals surface area contributed by atoms with Crippen LogP contribution in [0.1, 0.15) is 11.1 Å². The fraction of sp³-hybridized carbons (Fsp3) is 0.167. The van der Waals surface area contributed by atoms with E-state index in [9.17, 15) is 10.1 Å². The van der Waals surface area contributed by atoms with Gasteiger partial charge in [-0.2, -0.15) is 10.2 Å². The van der Waals surface area contributed by atoms with Crippen molar-refractivity contribution in [2.75, 3.05) is 31.2 Å². The first-order valence-electron chi connectivity index (χ1n) is 10.1. The summed E-state index contributed by atoms with van der Waals surface area (Å²) in [5, 5.41) is 37.5. The second-order valence-electron chi connectivity index (χ2n) is 6.92. The third-order valence-electron chi connectivity index (χ3n) is 4.70. The minimum Gasteiger partial charge on any atom is -0.395 e. The number of nitro benzene ring substituents is 1. The van der Waals surface area contributed by atoms with Crippen molar-refractivity contribution in [3.8, 4) is 0 Å². The molecule has 0 aliphatic rings. The van der Waals surface area contributed by atoms with Crippen molar-refractivity contribution >= 4 is 34.9 Å². The van der Waals surface area contributed by atoms with E-state index in [1.807, 2.05) is 65.6 Å². The fourth-order valence-corrected chi connectivity index (χ4v) is 3.01. The molecule has 0 radical (unpaired) electrons. The molecular weight excluding hydrogens is 408 g/mol. The summed E-state index contributed by atoms with van der Waals surface area (Å²) in [7, 11) is 0. The van der Waals surface area contributed by atoms with Crippen LogP contribution in [0.25, 0.3) is 12.2 Å². The van der Waals surface area contributed by atoms with Crippen molar-refractivity contribution in [2.45, 2.75) is 0 Å². The maximum absolute atomic E-state index is 10.7. The van der Waals surface area contributed by atoms with Crippen LogP contribution in [0.2, 0.25) is 0 Å². The molecule has 0 amide bonds. The lowest BCUT2D eigenvalue weighted by atomic mass is 10.1. The largest absolute Gasteiger partial charge is 0.395 e. The van der Waals surface area contributed by atoms with Crippen LogP contribution >= 0.6 is 0 Å². The zero-order chi connectivity index (χ0) is 22.8. The van der Waals surface area contributed by atoms with Gasteiger partial charge >= 0.3 is 0 Å². The predicted molar refractivity (Wildman–Crippen MR) is 125 cm³/mol. The molecule has 0 saturated carbocycles. The zero-order valence-electron chi connectivity index (χ0n) is 17.4. The van der Waals surface area contributed by atoms with Crippen LogP contribution in [0.15, 0.2) is 83.0 Å². The number of aliphatic hydroxyl groups is 2. The molecule has 3 rings (SSSR count). The highest BCUT2D eigenvalue weighted by molar-refractivity contribution is 5.70. The lowest BCUT2D eigenvalue weighted by molar-refractivity contribution is -0.384. The first kappa shape index (κ1) is 22.8. The molecule has 2 N–H and O–H groups in total. The van der Waals surface area contributed by atoms with E-state index in [-0.39, 0.29) is 18.9 Å². The van der Waals surface area contributed by atoms with Gasteiger partial charge in [0.1, 0.15) is 0 Å². The summed E-state index contributed by atoms with van der Waals surface area (Å²) in [5.74, 6) is 0. The maximum Gasteiger partial charge on any atom is 0.269 e. The van der Waals surface area contributed by atoms with E-state index in [0.29, 0.717) is 24.5 Å². The van der Waals surface area contributed by atoms with Crippen LogP contribution < -0.4 is 4.90 Å². The van der Waals surface area contributed by atoms with E-state index in [2.05, 4.69) is 10.2 Å². The van der Waals surface area contributed by atoms with E-state index in [0.717, 1.165) is 16.8 Å². The summed E-state index contributed by atoms with van der Waals surface area (Å²) in [4.78, 5) is 12.2. The Bertz CT molecular complexity index is 1060. The number of benzene rings is 3. The maximum atomic E-state index is 10.7. The summed E-state index contributed by atoms with van der Waals surface area (Å²) in [6, 6.07) is 21.3. The molecule has 0 saturated heterocycles. The lowest BCUT2D eigenvalue weighted by Gasteiger charge is -2.22. The highest BCUT2D eigenvalue weighted by Crippen LogP contribution is 2.23. The standard InChI is InChI=1S/C24H24N4O4/c29-17-15-27(16-18-30)23-13-9-22(10-14-23)26-25-21-7-3-19(4-8-21)1-2-20-5-11-24(12-6-20)28(31)32/h1-14,29-30H,15-18H2. The third kappa shape index (κ3) is 6.56. The third-order valence-corrected chi connectivity index (χ3v) is 4.70. The van der Waals surface area contributed by atoms with E-state index in [1.165, 1.54) is 12.1 Å². The normalized spacial score (nSPS) is 11.3. The summed E-state index contributed by atoms with van der Waals surface area (Å²) < 4.78 is 0. The SMILES string of the molecule is O=[N+]([O-])c1ccc(C=Cc2ccc(N=Nc3ccc(N(CCO)CCO)cc3)cc2)cc1. The number of non-ortho nitro benzene ring substituents is 1. The second-order valence-corrected chi connectivity index (χ2v) is 6.92. The first-order valence-corrected chi connectivity index (χ1v) is 10.1. The second kappa shape index (κ2) is 11.5. The van der Waals surface area contributed by atoms with Gasteiger partial charge in [0.05, 0.1) is 29.5 Å². The molecular formula is C24H24N4O4. The Labute approximate surface area is 185 Å². The van der Waals surface area contributed by atoms with Gasteiger partial charge in [-0.05, 0) is 59.7 Å². The van der Waals surface area contributed by atoms with Gasteiger partial charge < -0.3 is 15.1 Å². The Morgan fingerprint density at radius 2 is 1.19 bits per heavy atom. The predicted octanol–water partition coefficient (Wildman–Crippen LogP) is 4.97. The number of azo groups is 1. The molecule has 0 unspecified atom stereocenters. The van der Waals surface area contributed by atoms with E-state index in [4.69, 9.17) is 10.2 Å². The van der Waals surface area contributed by atoms with Crippen LogP contribution in [0.5, 0.6) is 0 Å². The number of hydrogen-bond donors (Lipinski definition) is 2. The van der Waals surface area contributed by atoms with Crippen molar-refractivity contribution in [1.82, 2.24) is 0 Å². The molecule has 3 aromatic carbocycles. The monoisotopic (exact) mass is 432 g/mol. The Kier molecular flexibility index (Phi) is 8.19. The molecule has 3 aromatic rings. The smallest absolute Gasteiger partial charge is 0.269 e. The number of nitrogens with zero attached hydrogens (tertiary/aromatic N) is 4. The van der Waals surface area contributed by atoms with Crippen LogP contribution in [0.4, 0.5) is 22.7 Å². The van der Waals surface area contributed by atoms with Gasteiger partial charge in [0.15, 0.2) is 0 Å². The van der Waals surface area contributed by atoms with Crippen LogP contribution in [-0.4, -0.2) is 41.4 Å². The molecule has 8 heteroatoms. The van der Waals surface area contributed by atoms with E-state index < -0.39 is 4.92 Å². The van der Waals surface area contributed by atoms with Crippen molar-refractivity contribution in [3.05, 3.63) is 94.0 Å². The number of anilines is 1. The molecule has 0 fully saturated rings. The van der Waals surface area contributed by atoms with Gasteiger partial charge in [-0.15, -0.1) is 0 Å². The highest BCUT2D eigenvalue weighted by Gasteiger charge is 2.05. The Morgan fingerprint density at radius 1 is 0.750 bits per heavy atom. The van der Waals surface area contributed by atoms with Gasteiger partial charge in [0.2, 0.25) is 0 Å². The van der Waals surface area contributed by atoms with Crippen LogP contribution in [0, 0.1) is 10.1 Å². The van der Waals surface area contributed by atoms with Crippen molar-refractivity contribution in [3.63, 3.8) is 0 Å². The van der Waals surface area contributed by atoms with Gasteiger partial charge in [-0.1, -0.05) is 24.3 Å². The van der Waals surface area contributed by atoms with E-state index in [1.54, 1.807) is 12.1 Å². The summed E-state index contributed by atoms with van der Waals surface area (Å²) in [6.07, 6.45) is 3.81. The van der Waals surface area contributed by atoms with Crippen molar-refractivity contribution < 1.29 is 15.1 Å². The molecule has 32 heavy (non-hydrogen) atoms. The molecule has 0 heterocycles. The van der Waals surface area contributed by atoms with E-state index >= 15 is 0 Å². The van der Waals surface area contributed by atoms with Gasteiger partial charge in [0.25, 0.3) is 5.69 Å². The van der Waals surface area contributed by atoms with Crippen LogP contribution in [0.3, 0.4) is 0 Å². The molecule has 0 aromatic heterocycles. The van der Waals surface area contributed by atoms with Gasteiger partial charge in [-0.3, -0.25) is 10.1 Å². The highest BCUT2D eigenvalue weighted by atomic mass is 16.6. The Balaban J connectivity index is 1.60. The average Bonchev–Trinajstić information content (AvgIpc) is 2.82. The fourth-order valence-electron chi connectivity index (χ4n) is 3.01. The summed E-state index contributed by atoms with van der Waals surface area (Å²) in [5.41, 5.74) is 4.22. The lowest BCUT2D eigenvalue weighted by Crippen LogP contribution is -2.29. The topological polar surface area (TPSA) is 112 Å². The number of nitro groups is 1. The van der Waals surface area contributed by atoms with Crippen LogP contribution in [-0.2, 0) is 0 Å². The van der Waals surface area contributed by atoms with Gasteiger partial charge in [-0.25, -0.2) is 0 Å². The Morgan fingerprint density at radius 3 is 1.62 bits per heavy atom. The minimum absolute atomic E-state index is 0.0144. The minimum atomic E-state index is -0.418. The van der Waals surface area contributed by atoms with Crippen molar-refractivity contribution in [1.29, 1.82) is 0 Å². The Hall–Kier alpha value is -3.88. The molecule has 0 aliphatic heterocycles. The molecule has 0 spiro atoms. The molecule has 164 valence electrons. The molecule has 8 nitrogen and oxygen atoms in total. The summed E-state index contributed by atoms with van der Waals surface area (Å²) in [6.45, 7) is 0.930. The number of rotatable bonds is 10. The van der Waals surface area contributed by atoms with Gasteiger partial charge in [0, 0.05) is 30.9 Å². The molecule has 0 bridgehead atoms. The average molecular weight is 432 g/mol. The van der Waals surface area contributed by atoms with Crippen molar-refractivity contribution in [2.24, 2.45) is 10.2 Å². The molecule has 0 atom stereocenters. The summed E-state index contributed by atoms with van der Waals surface area (Å²) >= 11 is 0. The molecule has 0 aliphatic carbocycles. The number of aliphatic hydroxyl groups excluding tert-OH is 2. The first-order chi connectivity index (χ1) is 15.6. The zero-order valence-corrected chi connectivity index (χ0v) is 17.4. The quantitative estimate of drug-likeness (QED) is 0.203. The number of hydrogen-bond acceptors (Lipinski definition) is 7.